The Labute approximate surface area is 184 Å². The summed E-state index contributed by atoms with van der Waals surface area (Å²) in [6.07, 6.45) is 9.18. The second kappa shape index (κ2) is 7.84. The monoisotopic (exact) mass is 448 g/mol. The van der Waals surface area contributed by atoms with Crippen LogP contribution in [0, 0.1) is 35.9 Å². The molecule has 170 valence electrons. The Morgan fingerprint density at radius 2 is 1.77 bits per heavy atom. The number of piperidine rings is 1. The highest BCUT2D eigenvalue weighted by atomic mass is 32.2. The van der Waals surface area contributed by atoms with Crippen LogP contribution >= 0.6 is 0 Å². The minimum atomic E-state index is -3.95. The van der Waals surface area contributed by atoms with Crippen molar-refractivity contribution in [3.8, 4) is 0 Å². The molecule has 1 unspecified atom stereocenters. The summed E-state index contributed by atoms with van der Waals surface area (Å²) in [5.74, 6) is 1.47. The van der Waals surface area contributed by atoms with E-state index in [2.05, 4.69) is 5.32 Å². The van der Waals surface area contributed by atoms with Crippen molar-refractivity contribution in [1.82, 2.24) is 9.62 Å². The standard InChI is InChI=1S/C24H33FN2O3S/c1-16-5-6-21(25)22(8-16)31(29,30)27-7-3-2-4-20(27)15-26-23(28)24-12-17-9-18(13-24)11-19(10-17)14-24/h5-6,8,17-20H,2-4,7,9-15H2,1H3,(H,26,28). The van der Waals surface area contributed by atoms with Gasteiger partial charge in [0.2, 0.25) is 15.9 Å². The van der Waals surface area contributed by atoms with Crippen LogP contribution in [0.15, 0.2) is 23.1 Å². The summed E-state index contributed by atoms with van der Waals surface area (Å²) < 4.78 is 42.5. The number of rotatable bonds is 5. The third-order valence-electron chi connectivity index (χ3n) is 8.26. The quantitative estimate of drug-likeness (QED) is 0.740. The first-order chi connectivity index (χ1) is 14.8. The molecule has 6 rings (SSSR count). The molecule has 5 nitrogen and oxygen atoms in total. The Bertz CT molecular complexity index is 942. The molecule has 5 aliphatic rings. The van der Waals surface area contributed by atoms with Crippen LogP contribution in [0.25, 0.3) is 0 Å². The van der Waals surface area contributed by atoms with Gasteiger partial charge in [0.1, 0.15) is 10.7 Å². The van der Waals surface area contributed by atoms with Crippen LogP contribution in [0.4, 0.5) is 4.39 Å². The summed E-state index contributed by atoms with van der Waals surface area (Å²) in [4.78, 5) is 13.1. The van der Waals surface area contributed by atoms with E-state index in [1.54, 1.807) is 13.0 Å². The summed E-state index contributed by atoms with van der Waals surface area (Å²) in [7, 11) is -3.95. The van der Waals surface area contributed by atoms with Gasteiger partial charge in [0.15, 0.2) is 0 Å². The molecule has 1 aromatic carbocycles. The van der Waals surface area contributed by atoms with Crippen LogP contribution in [0.3, 0.4) is 0 Å². The molecule has 31 heavy (non-hydrogen) atoms. The van der Waals surface area contributed by atoms with Gasteiger partial charge in [0, 0.05) is 24.5 Å². The number of sulfonamides is 1. The van der Waals surface area contributed by atoms with Crippen molar-refractivity contribution in [3.05, 3.63) is 29.6 Å². The molecule has 1 heterocycles. The normalized spacial score (nSPS) is 35.3. The third kappa shape index (κ3) is 3.82. The van der Waals surface area contributed by atoms with Gasteiger partial charge in [-0.25, -0.2) is 12.8 Å². The highest BCUT2D eigenvalue weighted by Gasteiger charge is 2.54. The van der Waals surface area contributed by atoms with Gasteiger partial charge in [-0.05, 0) is 93.7 Å². The van der Waals surface area contributed by atoms with Gasteiger partial charge in [0.25, 0.3) is 0 Å². The van der Waals surface area contributed by atoms with Crippen LogP contribution in [0.2, 0.25) is 0 Å². The second-order valence-electron chi connectivity index (χ2n) is 10.6. The first-order valence-electron chi connectivity index (χ1n) is 11.8. The maximum atomic E-state index is 14.4. The molecular formula is C24H33FN2O3S. The average molecular weight is 449 g/mol. The number of nitrogens with zero attached hydrogens (tertiary/aromatic N) is 1. The number of benzene rings is 1. The van der Waals surface area contributed by atoms with E-state index >= 15 is 0 Å². The fourth-order valence-electron chi connectivity index (χ4n) is 7.22. The van der Waals surface area contributed by atoms with E-state index in [4.69, 9.17) is 0 Å². The Balaban J connectivity index is 1.31. The largest absolute Gasteiger partial charge is 0.354 e. The fraction of sp³-hybridized carbons (Fsp3) is 0.708. The maximum Gasteiger partial charge on any atom is 0.246 e. The van der Waals surface area contributed by atoms with Gasteiger partial charge in [0.05, 0.1) is 0 Å². The topological polar surface area (TPSA) is 66.5 Å². The summed E-state index contributed by atoms with van der Waals surface area (Å²) in [5.41, 5.74) is 0.471. The van der Waals surface area contributed by atoms with Gasteiger partial charge in [-0.1, -0.05) is 12.5 Å². The van der Waals surface area contributed by atoms with Gasteiger partial charge >= 0.3 is 0 Å². The minimum absolute atomic E-state index is 0.122. The van der Waals surface area contributed by atoms with Crippen LogP contribution in [0.1, 0.15) is 63.4 Å². The summed E-state index contributed by atoms with van der Waals surface area (Å²) in [6, 6.07) is 3.88. The van der Waals surface area contributed by atoms with E-state index in [1.165, 1.54) is 35.7 Å². The zero-order valence-corrected chi connectivity index (χ0v) is 19.1. The van der Waals surface area contributed by atoms with Gasteiger partial charge in [-0.3, -0.25) is 4.79 Å². The lowest BCUT2D eigenvalue weighted by molar-refractivity contribution is -0.146. The number of hydrogen-bond donors (Lipinski definition) is 1. The molecule has 4 saturated carbocycles. The molecule has 1 saturated heterocycles. The van der Waals surface area contributed by atoms with E-state index in [0.717, 1.165) is 32.1 Å². The Hall–Kier alpha value is -1.47. The second-order valence-corrected chi connectivity index (χ2v) is 12.5. The summed E-state index contributed by atoms with van der Waals surface area (Å²) in [6.45, 7) is 2.44. The van der Waals surface area contributed by atoms with Crippen molar-refractivity contribution in [1.29, 1.82) is 0 Å². The number of carbonyl (C=O) groups excluding carboxylic acids is 1. The molecule has 0 radical (unpaired) electrons. The van der Waals surface area contributed by atoms with Crippen molar-refractivity contribution in [3.63, 3.8) is 0 Å². The van der Waals surface area contributed by atoms with E-state index in [-0.39, 0.29) is 22.3 Å². The highest BCUT2D eigenvalue weighted by Crippen LogP contribution is 2.60. The zero-order valence-electron chi connectivity index (χ0n) is 18.3. The van der Waals surface area contributed by atoms with Gasteiger partial charge in [-0.15, -0.1) is 0 Å². The molecule has 0 spiro atoms. The SMILES string of the molecule is Cc1ccc(F)c(S(=O)(=O)N2CCCCC2CNC(=O)C23CC4CC(CC(C4)C2)C3)c1. The molecule has 1 N–H and O–H groups in total. The van der Waals surface area contributed by atoms with Crippen molar-refractivity contribution < 1.29 is 17.6 Å². The lowest BCUT2D eigenvalue weighted by Gasteiger charge is -2.55. The lowest BCUT2D eigenvalue weighted by Crippen LogP contribution is -2.56. The molecule has 1 atom stereocenters. The summed E-state index contributed by atoms with van der Waals surface area (Å²) >= 11 is 0. The molecule has 5 fully saturated rings. The molecule has 4 aliphatic carbocycles. The number of halogens is 1. The fourth-order valence-corrected chi connectivity index (χ4v) is 9.06. The molecule has 4 bridgehead atoms. The lowest BCUT2D eigenvalue weighted by atomic mass is 9.49. The number of carbonyl (C=O) groups is 1. The Morgan fingerprint density at radius 3 is 2.42 bits per heavy atom. The summed E-state index contributed by atoms with van der Waals surface area (Å²) in [5, 5.41) is 3.15. The van der Waals surface area contributed by atoms with E-state index in [1.807, 2.05) is 0 Å². The molecule has 1 aliphatic heterocycles. The average Bonchev–Trinajstić information content (AvgIpc) is 2.73. The van der Waals surface area contributed by atoms with Crippen LogP contribution in [-0.4, -0.2) is 37.8 Å². The molecular weight excluding hydrogens is 415 g/mol. The zero-order chi connectivity index (χ0) is 21.8. The Morgan fingerprint density at radius 1 is 1.13 bits per heavy atom. The highest BCUT2D eigenvalue weighted by molar-refractivity contribution is 7.89. The van der Waals surface area contributed by atoms with Gasteiger partial charge in [-0.2, -0.15) is 4.31 Å². The molecule has 7 heteroatoms. The minimum Gasteiger partial charge on any atom is -0.354 e. The van der Waals surface area contributed by atoms with E-state index in [0.29, 0.717) is 42.8 Å². The van der Waals surface area contributed by atoms with Crippen molar-refractivity contribution >= 4 is 15.9 Å². The predicted molar refractivity (Wildman–Crippen MR) is 116 cm³/mol. The smallest absolute Gasteiger partial charge is 0.246 e. The van der Waals surface area contributed by atoms with Crippen LogP contribution in [-0.2, 0) is 14.8 Å². The van der Waals surface area contributed by atoms with E-state index in [9.17, 15) is 17.6 Å². The van der Waals surface area contributed by atoms with Crippen molar-refractivity contribution in [2.45, 2.75) is 75.6 Å². The van der Waals surface area contributed by atoms with E-state index < -0.39 is 15.8 Å². The maximum absolute atomic E-state index is 14.4. The third-order valence-corrected chi connectivity index (χ3v) is 10.2. The van der Waals surface area contributed by atoms with Crippen LogP contribution in [0.5, 0.6) is 0 Å². The number of nitrogens with one attached hydrogen (secondary N) is 1. The van der Waals surface area contributed by atoms with Gasteiger partial charge < -0.3 is 5.32 Å². The molecule has 0 aromatic heterocycles. The first-order valence-corrected chi connectivity index (χ1v) is 13.3. The first kappa shape index (κ1) is 21.4. The number of aryl methyl sites for hydroxylation is 1. The molecule has 1 amide bonds. The predicted octanol–water partition coefficient (Wildman–Crippen LogP) is 4.01. The van der Waals surface area contributed by atoms with Crippen molar-refractivity contribution in [2.75, 3.05) is 13.1 Å². The number of hydrogen-bond acceptors (Lipinski definition) is 3. The van der Waals surface area contributed by atoms with Crippen molar-refractivity contribution in [2.24, 2.45) is 23.2 Å². The number of amides is 1. The van der Waals surface area contributed by atoms with Crippen LogP contribution < -0.4 is 5.32 Å². The molecule has 1 aromatic rings. The Kier molecular flexibility index (Phi) is 5.40.